The summed E-state index contributed by atoms with van der Waals surface area (Å²) in [6.45, 7) is 1.91. The van der Waals surface area contributed by atoms with Crippen molar-refractivity contribution in [3.8, 4) is 17.6 Å². The molecule has 144 valence electrons. The zero-order valence-corrected chi connectivity index (χ0v) is 17.8. The SMILES string of the molecule is Cc1cc(I)ccc1NC(=O)/C(C#N)=C\Nc1ccc(Oc2ccccc2)cc1. The van der Waals surface area contributed by atoms with Gasteiger partial charge in [-0.25, -0.2) is 0 Å². The largest absolute Gasteiger partial charge is 0.457 e. The third-order valence-corrected chi connectivity index (χ3v) is 4.69. The van der Waals surface area contributed by atoms with Crippen molar-refractivity contribution >= 4 is 39.9 Å². The molecule has 0 unspecified atom stereocenters. The first-order valence-corrected chi connectivity index (χ1v) is 9.90. The maximum atomic E-state index is 12.4. The maximum Gasteiger partial charge on any atom is 0.267 e. The molecule has 0 bridgehead atoms. The number of aryl methyl sites for hydroxylation is 1. The number of halogens is 1. The van der Waals surface area contributed by atoms with E-state index in [2.05, 4.69) is 33.2 Å². The zero-order valence-electron chi connectivity index (χ0n) is 15.6. The fraction of sp³-hybridized carbons (Fsp3) is 0.0435. The molecule has 0 fully saturated rings. The number of carbonyl (C=O) groups excluding carboxylic acids is 1. The van der Waals surface area contributed by atoms with Crippen molar-refractivity contribution in [3.63, 3.8) is 0 Å². The van der Waals surface area contributed by atoms with Gasteiger partial charge in [0.1, 0.15) is 23.1 Å². The highest BCUT2D eigenvalue weighted by molar-refractivity contribution is 14.1. The summed E-state index contributed by atoms with van der Waals surface area (Å²) in [6.07, 6.45) is 1.39. The lowest BCUT2D eigenvalue weighted by Crippen LogP contribution is -2.15. The molecule has 3 aromatic rings. The fourth-order valence-corrected chi connectivity index (χ4v) is 3.15. The molecule has 0 radical (unpaired) electrons. The Hall–Kier alpha value is -3.31. The molecule has 0 atom stereocenters. The van der Waals surface area contributed by atoms with Gasteiger partial charge in [-0.1, -0.05) is 18.2 Å². The quantitative estimate of drug-likeness (QED) is 0.256. The smallest absolute Gasteiger partial charge is 0.267 e. The van der Waals surface area contributed by atoms with Gasteiger partial charge < -0.3 is 15.4 Å². The van der Waals surface area contributed by atoms with Crippen molar-refractivity contribution in [2.24, 2.45) is 0 Å². The molecule has 0 saturated heterocycles. The number of ether oxygens (including phenoxy) is 1. The predicted molar refractivity (Wildman–Crippen MR) is 123 cm³/mol. The van der Waals surface area contributed by atoms with Gasteiger partial charge in [0.2, 0.25) is 0 Å². The van der Waals surface area contributed by atoms with Gasteiger partial charge in [0.25, 0.3) is 5.91 Å². The Balaban J connectivity index is 1.63. The molecular formula is C23H18IN3O2. The summed E-state index contributed by atoms with van der Waals surface area (Å²) in [5.41, 5.74) is 2.33. The van der Waals surface area contributed by atoms with Crippen LogP contribution in [0.15, 0.2) is 84.6 Å². The van der Waals surface area contributed by atoms with Gasteiger partial charge in [-0.2, -0.15) is 5.26 Å². The number of hydrogen-bond donors (Lipinski definition) is 2. The molecule has 3 rings (SSSR count). The summed E-state index contributed by atoms with van der Waals surface area (Å²) in [5.74, 6) is 0.980. The standard InChI is InChI=1S/C23H18IN3O2/c1-16-13-18(24)7-12-22(16)27-23(28)17(14-25)15-26-19-8-10-21(11-9-19)29-20-5-3-2-4-6-20/h2-13,15,26H,1H3,(H,27,28)/b17-15-. The average Bonchev–Trinajstić information content (AvgIpc) is 2.72. The van der Waals surface area contributed by atoms with E-state index in [1.807, 2.05) is 85.8 Å². The lowest BCUT2D eigenvalue weighted by Gasteiger charge is -2.09. The van der Waals surface area contributed by atoms with Crippen LogP contribution in [-0.2, 0) is 4.79 Å². The predicted octanol–water partition coefficient (Wildman–Crippen LogP) is 5.85. The fourth-order valence-electron chi connectivity index (χ4n) is 2.50. The zero-order chi connectivity index (χ0) is 20.6. The van der Waals surface area contributed by atoms with E-state index in [1.54, 1.807) is 0 Å². The van der Waals surface area contributed by atoms with Crippen molar-refractivity contribution in [1.82, 2.24) is 0 Å². The molecule has 0 aliphatic heterocycles. The van der Waals surface area contributed by atoms with Crippen LogP contribution in [0.25, 0.3) is 0 Å². The number of nitrogens with one attached hydrogen (secondary N) is 2. The van der Waals surface area contributed by atoms with Gasteiger partial charge in [0.15, 0.2) is 0 Å². The second-order valence-corrected chi connectivity index (χ2v) is 7.41. The molecule has 1 amide bonds. The van der Waals surface area contributed by atoms with Gasteiger partial charge in [-0.05, 0) is 89.7 Å². The molecule has 0 aliphatic rings. The van der Waals surface area contributed by atoms with E-state index in [0.29, 0.717) is 11.4 Å². The highest BCUT2D eigenvalue weighted by Crippen LogP contribution is 2.23. The normalized spacial score (nSPS) is 10.7. The van der Waals surface area contributed by atoms with Crippen LogP contribution >= 0.6 is 22.6 Å². The number of anilines is 2. The second-order valence-electron chi connectivity index (χ2n) is 6.17. The van der Waals surface area contributed by atoms with E-state index in [0.717, 1.165) is 20.6 Å². The average molecular weight is 495 g/mol. The van der Waals surface area contributed by atoms with Crippen LogP contribution < -0.4 is 15.4 Å². The van der Waals surface area contributed by atoms with Crippen molar-refractivity contribution < 1.29 is 9.53 Å². The molecule has 5 nitrogen and oxygen atoms in total. The van der Waals surface area contributed by atoms with Crippen LogP contribution in [0.3, 0.4) is 0 Å². The topological polar surface area (TPSA) is 74.2 Å². The number of benzene rings is 3. The van der Waals surface area contributed by atoms with Gasteiger partial charge in [0, 0.05) is 21.1 Å². The van der Waals surface area contributed by atoms with Crippen LogP contribution in [-0.4, -0.2) is 5.91 Å². The summed E-state index contributed by atoms with van der Waals surface area (Å²) in [7, 11) is 0. The third kappa shape index (κ3) is 5.83. The molecule has 0 aromatic heterocycles. The molecule has 0 spiro atoms. The maximum absolute atomic E-state index is 12.4. The lowest BCUT2D eigenvalue weighted by molar-refractivity contribution is -0.112. The van der Waals surface area contributed by atoms with Crippen LogP contribution in [0.4, 0.5) is 11.4 Å². The molecular weight excluding hydrogens is 477 g/mol. The minimum Gasteiger partial charge on any atom is -0.457 e. The van der Waals surface area contributed by atoms with Crippen LogP contribution in [0.1, 0.15) is 5.56 Å². The Morgan fingerprint density at radius 1 is 1.03 bits per heavy atom. The first-order chi connectivity index (χ1) is 14.0. The van der Waals surface area contributed by atoms with Crippen molar-refractivity contribution in [1.29, 1.82) is 5.26 Å². The van der Waals surface area contributed by atoms with Crippen LogP contribution in [0, 0.1) is 21.8 Å². The highest BCUT2D eigenvalue weighted by Gasteiger charge is 2.11. The van der Waals surface area contributed by atoms with E-state index >= 15 is 0 Å². The molecule has 3 aromatic carbocycles. The Morgan fingerprint density at radius 2 is 1.72 bits per heavy atom. The van der Waals surface area contributed by atoms with Gasteiger partial charge in [-0.3, -0.25) is 4.79 Å². The van der Waals surface area contributed by atoms with Gasteiger partial charge in [-0.15, -0.1) is 0 Å². The first-order valence-electron chi connectivity index (χ1n) is 8.82. The molecule has 0 heterocycles. The second kappa shape index (κ2) is 9.75. The number of rotatable bonds is 6. The lowest BCUT2D eigenvalue weighted by atomic mass is 10.2. The Kier molecular flexibility index (Phi) is 6.87. The van der Waals surface area contributed by atoms with E-state index in [1.165, 1.54) is 6.20 Å². The number of nitrogens with zero attached hydrogens (tertiary/aromatic N) is 1. The number of carbonyl (C=O) groups is 1. The van der Waals surface area contributed by atoms with Crippen molar-refractivity contribution in [2.75, 3.05) is 10.6 Å². The van der Waals surface area contributed by atoms with E-state index < -0.39 is 5.91 Å². The van der Waals surface area contributed by atoms with Gasteiger partial charge in [0.05, 0.1) is 0 Å². The number of amides is 1. The number of para-hydroxylation sites is 1. The molecule has 0 saturated carbocycles. The number of hydrogen-bond acceptors (Lipinski definition) is 4. The van der Waals surface area contributed by atoms with Crippen LogP contribution in [0.5, 0.6) is 11.5 Å². The summed E-state index contributed by atoms with van der Waals surface area (Å²) in [5, 5.41) is 15.1. The third-order valence-electron chi connectivity index (χ3n) is 4.02. The summed E-state index contributed by atoms with van der Waals surface area (Å²) in [4.78, 5) is 12.4. The van der Waals surface area contributed by atoms with E-state index in [9.17, 15) is 10.1 Å². The van der Waals surface area contributed by atoms with E-state index in [4.69, 9.17) is 4.74 Å². The highest BCUT2D eigenvalue weighted by atomic mass is 127. The van der Waals surface area contributed by atoms with Crippen molar-refractivity contribution in [3.05, 3.63) is 93.7 Å². The molecule has 6 heteroatoms. The summed E-state index contributed by atoms with van der Waals surface area (Å²) < 4.78 is 6.82. The summed E-state index contributed by atoms with van der Waals surface area (Å²) in [6, 6.07) is 24.3. The minimum absolute atomic E-state index is 0.0208. The number of nitriles is 1. The van der Waals surface area contributed by atoms with Gasteiger partial charge >= 0.3 is 0 Å². The Bertz CT molecular complexity index is 1070. The Labute approximate surface area is 183 Å². The monoisotopic (exact) mass is 495 g/mol. The van der Waals surface area contributed by atoms with Crippen LogP contribution in [0.2, 0.25) is 0 Å². The molecule has 2 N–H and O–H groups in total. The van der Waals surface area contributed by atoms with E-state index in [-0.39, 0.29) is 5.57 Å². The first kappa shape index (κ1) is 20.4. The van der Waals surface area contributed by atoms with Crippen molar-refractivity contribution in [2.45, 2.75) is 6.92 Å². The molecule has 0 aliphatic carbocycles. The Morgan fingerprint density at radius 3 is 2.38 bits per heavy atom. The summed E-state index contributed by atoms with van der Waals surface area (Å²) >= 11 is 2.21. The molecule has 29 heavy (non-hydrogen) atoms. The minimum atomic E-state index is -0.465.